The zero-order valence-corrected chi connectivity index (χ0v) is 10.8. The number of hydrogen-bond donors (Lipinski definition) is 1. The van der Waals surface area contributed by atoms with E-state index in [1.807, 2.05) is 26.8 Å². The molecule has 0 radical (unpaired) electrons. The van der Waals surface area contributed by atoms with Crippen molar-refractivity contribution < 1.29 is 9.53 Å². The Kier molecular flexibility index (Phi) is 3.00. The minimum Gasteiger partial charge on any atom is -0.458 e. The molecule has 4 nitrogen and oxygen atoms in total. The molecule has 1 aromatic carbocycles. The first-order valence-electron chi connectivity index (χ1n) is 5.91. The number of hydrogen-bond acceptors (Lipinski definition) is 4. The van der Waals surface area contributed by atoms with Gasteiger partial charge in [-0.15, -0.1) is 0 Å². The maximum absolute atomic E-state index is 11.9. The van der Waals surface area contributed by atoms with Gasteiger partial charge in [0.05, 0.1) is 11.6 Å². The van der Waals surface area contributed by atoms with Crippen LogP contribution >= 0.6 is 0 Å². The number of nitriles is 1. The van der Waals surface area contributed by atoms with Gasteiger partial charge in [-0.1, -0.05) is 6.07 Å². The van der Waals surface area contributed by atoms with Crippen molar-refractivity contribution in [2.75, 3.05) is 5.32 Å². The van der Waals surface area contributed by atoms with E-state index in [0.717, 1.165) is 11.3 Å². The van der Waals surface area contributed by atoms with Crippen LogP contribution < -0.4 is 5.32 Å². The quantitative estimate of drug-likeness (QED) is 0.769. The van der Waals surface area contributed by atoms with Crippen LogP contribution in [0, 0.1) is 11.3 Å². The van der Waals surface area contributed by atoms with Crippen molar-refractivity contribution in [3.8, 4) is 6.07 Å². The van der Waals surface area contributed by atoms with Crippen molar-refractivity contribution in [2.45, 2.75) is 38.8 Å². The second kappa shape index (κ2) is 4.34. The van der Waals surface area contributed by atoms with Gasteiger partial charge in [-0.2, -0.15) is 5.26 Å². The molecule has 4 heteroatoms. The van der Waals surface area contributed by atoms with E-state index in [4.69, 9.17) is 10.00 Å². The Balaban J connectivity index is 2.11. The average molecular weight is 244 g/mol. The van der Waals surface area contributed by atoms with Gasteiger partial charge in [0.25, 0.3) is 0 Å². The van der Waals surface area contributed by atoms with Crippen molar-refractivity contribution >= 4 is 11.7 Å². The third kappa shape index (κ3) is 2.62. The molecule has 0 amide bonds. The Labute approximate surface area is 107 Å². The average Bonchev–Trinajstić information content (AvgIpc) is 2.69. The zero-order valence-electron chi connectivity index (χ0n) is 10.8. The first-order chi connectivity index (χ1) is 8.39. The highest BCUT2D eigenvalue weighted by Gasteiger charge is 2.30. The molecule has 1 aliphatic rings. The van der Waals surface area contributed by atoms with Crippen molar-refractivity contribution in [3.63, 3.8) is 0 Å². The third-order valence-corrected chi connectivity index (χ3v) is 2.68. The summed E-state index contributed by atoms with van der Waals surface area (Å²) in [5.41, 5.74) is 2.01. The van der Waals surface area contributed by atoms with E-state index in [1.165, 1.54) is 0 Å². The number of anilines is 1. The van der Waals surface area contributed by atoms with Crippen LogP contribution in [0.15, 0.2) is 18.2 Å². The molecule has 18 heavy (non-hydrogen) atoms. The summed E-state index contributed by atoms with van der Waals surface area (Å²) >= 11 is 0. The van der Waals surface area contributed by atoms with Gasteiger partial charge in [-0.3, -0.25) is 0 Å². The van der Waals surface area contributed by atoms with Crippen molar-refractivity contribution in [1.29, 1.82) is 5.26 Å². The van der Waals surface area contributed by atoms with Gasteiger partial charge in [0.1, 0.15) is 11.6 Å². The SMILES string of the molecule is CC(C)(C)OC(=O)C1Cc2ccc(C#N)cc2N1. The van der Waals surface area contributed by atoms with E-state index in [1.54, 1.807) is 12.1 Å². The molecule has 1 unspecified atom stereocenters. The number of nitrogens with one attached hydrogen (secondary N) is 1. The highest BCUT2D eigenvalue weighted by atomic mass is 16.6. The number of fused-ring (bicyclic) bond motifs is 1. The van der Waals surface area contributed by atoms with Gasteiger partial charge >= 0.3 is 5.97 Å². The van der Waals surface area contributed by atoms with Gasteiger partial charge < -0.3 is 10.1 Å². The van der Waals surface area contributed by atoms with E-state index in [0.29, 0.717) is 12.0 Å². The second-order valence-corrected chi connectivity index (χ2v) is 5.42. The number of carbonyl (C=O) groups excluding carboxylic acids is 1. The molecule has 1 aromatic rings. The first-order valence-corrected chi connectivity index (χ1v) is 5.91. The number of benzene rings is 1. The molecule has 0 fully saturated rings. The Hall–Kier alpha value is -2.02. The standard InChI is InChI=1S/C14H16N2O2/c1-14(2,3)18-13(17)12-7-10-5-4-9(8-15)6-11(10)16-12/h4-6,12,16H,7H2,1-3H3. The Bertz CT molecular complexity index is 524. The molecule has 0 spiro atoms. The summed E-state index contributed by atoms with van der Waals surface area (Å²) in [6.45, 7) is 5.54. The lowest BCUT2D eigenvalue weighted by atomic mass is 10.1. The summed E-state index contributed by atoms with van der Waals surface area (Å²) in [6, 6.07) is 7.13. The maximum atomic E-state index is 11.9. The number of esters is 1. The summed E-state index contributed by atoms with van der Waals surface area (Å²) in [7, 11) is 0. The first kappa shape index (κ1) is 12.4. The molecule has 1 atom stereocenters. The largest absolute Gasteiger partial charge is 0.458 e. The predicted molar refractivity (Wildman–Crippen MR) is 68.1 cm³/mol. The van der Waals surface area contributed by atoms with E-state index in [9.17, 15) is 4.79 Å². The third-order valence-electron chi connectivity index (χ3n) is 2.68. The Morgan fingerprint density at radius 1 is 1.50 bits per heavy atom. The summed E-state index contributed by atoms with van der Waals surface area (Å²) in [6.07, 6.45) is 0.607. The van der Waals surface area contributed by atoms with E-state index >= 15 is 0 Å². The van der Waals surface area contributed by atoms with Crippen LogP contribution in [0.25, 0.3) is 0 Å². The lowest BCUT2D eigenvalue weighted by Gasteiger charge is -2.22. The molecule has 1 heterocycles. The summed E-state index contributed by atoms with van der Waals surface area (Å²) in [4.78, 5) is 11.9. The number of ether oxygens (including phenoxy) is 1. The van der Waals surface area contributed by atoms with Crippen LogP contribution in [0.3, 0.4) is 0 Å². The van der Waals surface area contributed by atoms with Crippen LogP contribution in [0.5, 0.6) is 0 Å². The minimum atomic E-state index is -0.481. The summed E-state index contributed by atoms with van der Waals surface area (Å²) in [5.74, 6) is -0.253. The van der Waals surface area contributed by atoms with E-state index in [-0.39, 0.29) is 12.0 Å². The number of nitrogens with zero attached hydrogens (tertiary/aromatic N) is 1. The van der Waals surface area contributed by atoms with Crippen molar-refractivity contribution in [3.05, 3.63) is 29.3 Å². The fourth-order valence-corrected chi connectivity index (χ4v) is 1.93. The number of rotatable bonds is 1. The van der Waals surface area contributed by atoms with Crippen LogP contribution in [0.2, 0.25) is 0 Å². The molecule has 0 saturated heterocycles. The lowest BCUT2D eigenvalue weighted by Crippen LogP contribution is -2.35. The smallest absolute Gasteiger partial charge is 0.329 e. The molecule has 94 valence electrons. The predicted octanol–water partition coefficient (Wildman–Crippen LogP) is 2.24. The van der Waals surface area contributed by atoms with E-state index < -0.39 is 5.60 Å². The monoisotopic (exact) mass is 244 g/mol. The minimum absolute atomic E-state index is 0.253. The summed E-state index contributed by atoms with van der Waals surface area (Å²) < 4.78 is 5.34. The molecular weight excluding hydrogens is 228 g/mol. The molecule has 0 aromatic heterocycles. The Morgan fingerprint density at radius 3 is 2.83 bits per heavy atom. The highest BCUT2D eigenvalue weighted by molar-refractivity contribution is 5.83. The fourth-order valence-electron chi connectivity index (χ4n) is 1.93. The van der Waals surface area contributed by atoms with Gasteiger partial charge in [0.15, 0.2) is 0 Å². The topological polar surface area (TPSA) is 62.1 Å². The highest BCUT2D eigenvalue weighted by Crippen LogP contribution is 2.28. The maximum Gasteiger partial charge on any atom is 0.329 e. The van der Waals surface area contributed by atoms with Crippen LogP contribution in [-0.2, 0) is 16.0 Å². The van der Waals surface area contributed by atoms with Crippen molar-refractivity contribution in [1.82, 2.24) is 0 Å². The zero-order chi connectivity index (χ0) is 13.3. The van der Waals surface area contributed by atoms with Crippen molar-refractivity contribution in [2.24, 2.45) is 0 Å². The molecule has 1 N–H and O–H groups in total. The van der Waals surface area contributed by atoms with Gasteiger partial charge in [0.2, 0.25) is 0 Å². The molecule has 1 aliphatic heterocycles. The molecule has 2 rings (SSSR count). The van der Waals surface area contributed by atoms with Crippen LogP contribution in [0.1, 0.15) is 31.9 Å². The normalized spacial score (nSPS) is 17.6. The van der Waals surface area contributed by atoms with Gasteiger partial charge in [0, 0.05) is 12.1 Å². The van der Waals surface area contributed by atoms with Crippen LogP contribution in [-0.4, -0.2) is 17.6 Å². The molecule has 0 saturated carbocycles. The fraction of sp³-hybridized carbons (Fsp3) is 0.429. The second-order valence-electron chi connectivity index (χ2n) is 5.42. The molecular formula is C14H16N2O2. The number of carbonyl (C=O) groups is 1. The van der Waals surface area contributed by atoms with E-state index in [2.05, 4.69) is 11.4 Å². The Morgan fingerprint density at radius 2 is 2.22 bits per heavy atom. The van der Waals surface area contributed by atoms with Gasteiger partial charge in [-0.25, -0.2) is 4.79 Å². The molecule has 0 bridgehead atoms. The van der Waals surface area contributed by atoms with Gasteiger partial charge in [-0.05, 0) is 38.5 Å². The van der Waals surface area contributed by atoms with Crippen LogP contribution in [0.4, 0.5) is 5.69 Å². The molecule has 0 aliphatic carbocycles. The summed E-state index contributed by atoms with van der Waals surface area (Å²) in [5, 5.41) is 11.9. The lowest BCUT2D eigenvalue weighted by molar-refractivity contribution is -0.155.